The summed E-state index contributed by atoms with van der Waals surface area (Å²) in [6, 6.07) is 8.80. The van der Waals surface area contributed by atoms with E-state index in [0.717, 1.165) is 17.1 Å². The molecule has 0 bridgehead atoms. The zero-order valence-corrected chi connectivity index (χ0v) is 10.5. The number of benzene rings is 2. The molecule has 0 radical (unpaired) electrons. The lowest BCUT2D eigenvalue weighted by Gasteiger charge is -2.25. The minimum atomic E-state index is -1.07. The van der Waals surface area contributed by atoms with Gasteiger partial charge in [-0.15, -0.1) is 0 Å². The molecular formula is C16H12O4. The molecule has 0 aromatic heterocycles. The molecule has 100 valence electrons. The standard InChI is InChI=1S/C16H12O4/c17-7-10-3-1-2-9-4-13-11(5-12(9)10)6-15(19)14(8-18)16(13)20/h1-8,14,16,19-20H. The van der Waals surface area contributed by atoms with Crippen molar-refractivity contribution in [2.75, 3.05) is 0 Å². The molecule has 0 saturated heterocycles. The maximum Gasteiger partial charge on any atom is 0.150 e. The summed E-state index contributed by atoms with van der Waals surface area (Å²) in [5.74, 6) is -1.10. The summed E-state index contributed by atoms with van der Waals surface area (Å²) in [7, 11) is 0. The Morgan fingerprint density at radius 3 is 2.65 bits per heavy atom. The number of carbonyl (C=O) groups is 2. The van der Waals surface area contributed by atoms with Crippen LogP contribution in [0.4, 0.5) is 0 Å². The van der Waals surface area contributed by atoms with Crippen LogP contribution in [-0.4, -0.2) is 22.8 Å². The van der Waals surface area contributed by atoms with Crippen molar-refractivity contribution in [2.45, 2.75) is 6.10 Å². The minimum Gasteiger partial charge on any atom is -0.511 e. The van der Waals surface area contributed by atoms with E-state index in [0.29, 0.717) is 23.0 Å². The largest absolute Gasteiger partial charge is 0.511 e. The third-order valence-corrected chi connectivity index (χ3v) is 3.70. The van der Waals surface area contributed by atoms with Crippen LogP contribution < -0.4 is 0 Å². The molecule has 2 aromatic carbocycles. The average molecular weight is 268 g/mol. The molecule has 2 atom stereocenters. The Hall–Kier alpha value is -2.46. The molecule has 3 rings (SSSR count). The van der Waals surface area contributed by atoms with Gasteiger partial charge >= 0.3 is 0 Å². The van der Waals surface area contributed by atoms with Crippen LogP contribution in [0.3, 0.4) is 0 Å². The molecule has 0 amide bonds. The molecule has 2 aromatic rings. The second kappa shape index (κ2) is 4.58. The number of hydrogen-bond acceptors (Lipinski definition) is 4. The monoisotopic (exact) mass is 268 g/mol. The summed E-state index contributed by atoms with van der Waals surface area (Å²) in [4.78, 5) is 22.0. The highest BCUT2D eigenvalue weighted by molar-refractivity contribution is 5.99. The lowest BCUT2D eigenvalue weighted by Crippen LogP contribution is -2.20. The van der Waals surface area contributed by atoms with Gasteiger partial charge in [0, 0.05) is 5.56 Å². The van der Waals surface area contributed by atoms with Crippen molar-refractivity contribution >= 4 is 29.4 Å². The van der Waals surface area contributed by atoms with Crippen molar-refractivity contribution in [3.05, 3.63) is 52.8 Å². The predicted octanol–water partition coefficient (Wildman–Crippen LogP) is 2.41. The first-order valence-electron chi connectivity index (χ1n) is 6.21. The second-order valence-electron chi connectivity index (χ2n) is 4.84. The lowest BCUT2D eigenvalue weighted by atomic mass is 9.84. The summed E-state index contributed by atoms with van der Waals surface area (Å²) in [5.41, 5.74) is 1.75. The molecule has 0 aliphatic heterocycles. The van der Waals surface area contributed by atoms with Crippen LogP contribution in [0.25, 0.3) is 16.8 Å². The van der Waals surface area contributed by atoms with Gasteiger partial charge in [0.2, 0.25) is 0 Å². The number of fused-ring (bicyclic) bond motifs is 2. The van der Waals surface area contributed by atoms with Crippen molar-refractivity contribution in [3.8, 4) is 0 Å². The van der Waals surface area contributed by atoms with Gasteiger partial charge in [-0.2, -0.15) is 0 Å². The molecular weight excluding hydrogens is 256 g/mol. The van der Waals surface area contributed by atoms with E-state index in [1.165, 1.54) is 6.08 Å². The van der Waals surface area contributed by atoms with Crippen LogP contribution >= 0.6 is 0 Å². The van der Waals surface area contributed by atoms with Gasteiger partial charge in [-0.1, -0.05) is 18.2 Å². The maximum absolute atomic E-state index is 11.1. The third kappa shape index (κ3) is 1.73. The number of aliphatic hydroxyl groups is 2. The van der Waals surface area contributed by atoms with Crippen molar-refractivity contribution in [3.63, 3.8) is 0 Å². The highest BCUT2D eigenvalue weighted by Gasteiger charge is 2.30. The van der Waals surface area contributed by atoms with E-state index >= 15 is 0 Å². The molecule has 0 fully saturated rings. The summed E-state index contributed by atoms with van der Waals surface area (Å²) in [6.07, 6.45) is 1.69. The highest BCUT2D eigenvalue weighted by atomic mass is 16.3. The average Bonchev–Trinajstić information content (AvgIpc) is 2.45. The van der Waals surface area contributed by atoms with Crippen LogP contribution in [0.5, 0.6) is 0 Å². The number of carbonyl (C=O) groups excluding carboxylic acids is 2. The van der Waals surface area contributed by atoms with Crippen LogP contribution in [0.1, 0.15) is 27.6 Å². The van der Waals surface area contributed by atoms with Crippen molar-refractivity contribution in [1.29, 1.82) is 0 Å². The Balaban J connectivity index is 2.31. The third-order valence-electron chi connectivity index (χ3n) is 3.70. The molecule has 0 spiro atoms. The molecule has 2 unspecified atom stereocenters. The molecule has 1 aliphatic carbocycles. The first-order valence-corrected chi connectivity index (χ1v) is 6.21. The Morgan fingerprint density at radius 2 is 1.95 bits per heavy atom. The van der Waals surface area contributed by atoms with Gasteiger partial charge in [0.25, 0.3) is 0 Å². The fourth-order valence-corrected chi connectivity index (χ4v) is 2.62. The fourth-order valence-electron chi connectivity index (χ4n) is 2.62. The van der Waals surface area contributed by atoms with E-state index in [2.05, 4.69) is 0 Å². The summed E-state index contributed by atoms with van der Waals surface area (Å²) in [5, 5.41) is 21.5. The Morgan fingerprint density at radius 1 is 1.15 bits per heavy atom. The van der Waals surface area contributed by atoms with Crippen LogP contribution in [0, 0.1) is 5.92 Å². The van der Waals surface area contributed by atoms with E-state index < -0.39 is 12.0 Å². The summed E-state index contributed by atoms with van der Waals surface area (Å²) >= 11 is 0. The van der Waals surface area contributed by atoms with Gasteiger partial charge in [-0.05, 0) is 40.1 Å². The first kappa shape index (κ1) is 12.6. The van der Waals surface area contributed by atoms with Gasteiger partial charge in [0.05, 0.1) is 6.10 Å². The second-order valence-corrected chi connectivity index (χ2v) is 4.84. The van der Waals surface area contributed by atoms with E-state index in [9.17, 15) is 19.8 Å². The van der Waals surface area contributed by atoms with E-state index in [-0.39, 0.29) is 5.76 Å². The zero-order valence-electron chi connectivity index (χ0n) is 10.5. The topological polar surface area (TPSA) is 74.6 Å². The van der Waals surface area contributed by atoms with Gasteiger partial charge in [-0.25, -0.2) is 0 Å². The number of aldehydes is 2. The van der Waals surface area contributed by atoms with Gasteiger partial charge in [-0.3, -0.25) is 4.79 Å². The number of rotatable bonds is 2. The quantitative estimate of drug-likeness (QED) is 0.820. The van der Waals surface area contributed by atoms with Crippen LogP contribution in [0.2, 0.25) is 0 Å². The summed E-state index contributed by atoms with van der Waals surface area (Å²) in [6.45, 7) is 0. The minimum absolute atomic E-state index is 0.164. The fraction of sp³-hybridized carbons (Fsp3) is 0.125. The van der Waals surface area contributed by atoms with E-state index in [4.69, 9.17) is 0 Å². The van der Waals surface area contributed by atoms with Crippen LogP contribution in [-0.2, 0) is 4.79 Å². The van der Waals surface area contributed by atoms with Crippen LogP contribution in [0.15, 0.2) is 36.1 Å². The zero-order chi connectivity index (χ0) is 14.3. The Bertz CT molecular complexity index is 745. The van der Waals surface area contributed by atoms with Crippen molar-refractivity contribution in [1.82, 2.24) is 0 Å². The SMILES string of the molecule is O=Cc1cccc2cc3c(cc12)C=C(O)C(C=O)C3O. The molecule has 0 saturated carbocycles. The molecule has 4 heteroatoms. The highest BCUT2D eigenvalue weighted by Crippen LogP contribution is 2.37. The molecule has 20 heavy (non-hydrogen) atoms. The summed E-state index contributed by atoms with van der Waals surface area (Å²) < 4.78 is 0. The smallest absolute Gasteiger partial charge is 0.150 e. The molecule has 0 heterocycles. The molecule has 2 N–H and O–H groups in total. The number of hydrogen-bond donors (Lipinski definition) is 2. The molecule has 1 aliphatic rings. The Labute approximate surface area is 115 Å². The number of aliphatic hydroxyl groups excluding tert-OH is 2. The Kier molecular flexibility index (Phi) is 2.88. The maximum atomic E-state index is 11.1. The molecule has 4 nitrogen and oxygen atoms in total. The lowest BCUT2D eigenvalue weighted by molar-refractivity contribution is -0.114. The van der Waals surface area contributed by atoms with Gasteiger partial charge < -0.3 is 15.0 Å². The van der Waals surface area contributed by atoms with Gasteiger partial charge in [0.15, 0.2) is 6.29 Å². The van der Waals surface area contributed by atoms with Crippen molar-refractivity contribution < 1.29 is 19.8 Å². The predicted molar refractivity (Wildman–Crippen MR) is 74.5 cm³/mol. The van der Waals surface area contributed by atoms with Gasteiger partial charge in [0.1, 0.15) is 18.0 Å². The normalized spacial score (nSPS) is 21.1. The van der Waals surface area contributed by atoms with E-state index in [1.807, 2.05) is 6.07 Å². The van der Waals surface area contributed by atoms with Crippen molar-refractivity contribution in [2.24, 2.45) is 5.92 Å². The first-order chi connectivity index (χ1) is 9.65. The van der Waals surface area contributed by atoms with E-state index in [1.54, 1.807) is 24.3 Å².